The second-order valence-electron chi connectivity index (χ2n) is 25.1. The zero-order valence-electron chi connectivity index (χ0n) is 52.9. The molecule has 1 fully saturated rings. The molecule has 0 unspecified atom stereocenters. The molecule has 0 radical (unpaired) electrons. The average Bonchev–Trinajstić information content (AvgIpc) is 2.12. The van der Waals surface area contributed by atoms with E-state index >= 15 is 0 Å². The van der Waals surface area contributed by atoms with Gasteiger partial charge in [0.2, 0.25) is 11.8 Å². The van der Waals surface area contributed by atoms with Gasteiger partial charge in [-0.3, -0.25) is 9.59 Å². The molecule has 0 spiro atoms. The molecule has 2 aliphatic heterocycles. The fourth-order valence-corrected chi connectivity index (χ4v) is 13.4. The Labute approximate surface area is 503 Å². The lowest BCUT2D eigenvalue weighted by Crippen LogP contribution is -2.32. The van der Waals surface area contributed by atoms with Gasteiger partial charge in [0, 0.05) is 45.4 Å². The normalized spacial score (nSPS) is 15.3. The van der Waals surface area contributed by atoms with Gasteiger partial charge in [-0.1, -0.05) is 164 Å². The second-order valence-corrected chi connectivity index (χ2v) is 25.1. The predicted octanol–water partition coefficient (Wildman–Crippen LogP) is 21.3. The van der Waals surface area contributed by atoms with Gasteiger partial charge in [-0.25, -0.2) is 9.97 Å². The van der Waals surface area contributed by atoms with Crippen molar-refractivity contribution < 1.29 is 9.59 Å². The summed E-state index contributed by atoms with van der Waals surface area (Å²) in [5.41, 5.74) is 27.7. The Hall–Kier alpha value is -6.80. The van der Waals surface area contributed by atoms with E-state index in [1.54, 1.807) is 0 Å². The van der Waals surface area contributed by atoms with Crippen molar-refractivity contribution in [1.29, 1.82) is 0 Å². The SMILES string of the molecule is CCCCCCC1=C(C)c2nc1cc1[nH]c(c(C)c1CCCCCC)c(-c1ccc(C)cc1)c1nc(cc3[nH]c(c(C)c3CCCCCC)c2-c2ccc(NC(=O)C3CCC(C(=O)Nc4ccc(C)cc4)CC3)cc2)C(CCCCCC)=C1C. The summed E-state index contributed by atoms with van der Waals surface area (Å²) in [6.07, 6.45) is 25.5. The van der Waals surface area contributed by atoms with Gasteiger partial charge < -0.3 is 20.6 Å². The molecule has 6 aromatic rings. The predicted molar refractivity (Wildman–Crippen MR) is 358 cm³/mol. The van der Waals surface area contributed by atoms with Crippen LogP contribution in [0.15, 0.2) is 84.9 Å². The molecule has 8 nitrogen and oxygen atoms in total. The lowest BCUT2D eigenvalue weighted by atomic mass is 9.81. The third-order valence-corrected chi connectivity index (χ3v) is 18.7. The van der Waals surface area contributed by atoms with E-state index in [9.17, 15) is 9.59 Å². The number of unbranched alkanes of at least 4 members (excludes halogenated alkanes) is 12. The number of fused-ring (bicyclic) bond motifs is 8. The molecule has 84 heavy (non-hydrogen) atoms. The van der Waals surface area contributed by atoms with E-state index in [1.165, 1.54) is 138 Å². The Morgan fingerprint density at radius 3 is 1.14 bits per heavy atom. The number of nitrogens with zero attached hydrogens (tertiary/aromatic N) is 2. The topological polar surface area (TPSA) is 116 Å². The lowest BCUT2D eigenvalue weighted by molar-refractivity contribution is -0.125. The minimum Gasteiger partial charge on any atom is -0.354 e. The first-order valence-corrected chi connectivity index (χ1v) is 32.9. The van der Waals surface area contributed by atoms with Gasteiger partial charge in [0.25, 0.3) is 0 Å². The Morgan fingerprint density at radius 1 is 0.440 bits per heavy atom. The molecule has 1 aliphatic carbocycles. The average molecular weight is 1130 g/mol. The summed E-state index contributed by atoms with van der Waals surface area (Å²) < 4.78 is 0. The smallest absolute Gasteiger partial charge is 0.227 e. The zero-order valence-corrected chi connectivity index (χ0v) is 52.9. The van der Waals surface area contributed by atoms with Crippen LogP contribution in [0, 0.1) is 39.5 Å². The highest BCUT2D eigenvalue weighted by Crippen LogP contribution is 2.45. The molecule has 8 bridgehead atoms. The number of nitrogens with one attached hydrogen (secondary N) is 4. The van der Waals surface area contributed by atoms with E-state index in [2.05, 4.69) is 144 Å². The summed E-state index contributed by atoms with van der Waals surface area (Å²) in [5.74, 6) is -0.193. The first-order valence-electron chi connectivity index (χ1n) is 32.9. The van der Waals surface area contributed by atoms with E-state index in [4.69, 9.17) is 9.97 Å². The van der Waals surface area contributed by atoms with Gasteiger partial charge in [-0.2, -0.15) is 0 Å². The number of H-pyrrole nitrogens is 2. The Balaban J connectivity index is 1.24. The van der Waals surface area contributed by atoms with Crippen molar-refractivity contribution in [2.24, 2.45) is 11.8 Å². The molecule has 3 aliphatic rings. The molecule has 0 saturated heterocycles. The Morgan fingerprint density at radius 2 is 0.774 bits per heavy atom. The van der Waals surface area contributed by atoms with Gasteiger partial charge in [0.1, 0.15) is 0 Å². The van der Waals surface area contributed by atoms with Crippen LogP contribution in [0.1, 0.15) is 239 Å². The summed E-state index contributed by atoms with van der Waals surface area (Å²) in [6.45, 7) is 22.7. The molecule has 3 aromatic carbocycles. The van der Waals surface area contributed by atoms with Crippen LogP contribution in [0.5, 0.6) is 0 Å². The molecular weight excluding hydrogens is 1030 g/mol. The molecular formula is C76H98N6O2. The number of aryl methyl sites for hydroxylation is 6. The largest absolute Gasteiger partial charge is 0.354 e. The first-order chi connectivity index (χ1) is 40.8. The van der Waals surface area contributed by atoms with E-state index in [0.717, 1.165) is 124 Å². The number of carbonyl (C=O) groups excluding carboxylic acids is 2. The monoisotopic (exact) mass is 1130 g/mol. The molecule has 1 saturated carbocycles. The third kappa shape index (κ3) is 14.5. The molecule has 5 heterocycles. The summed E-state index contributed by atoms with van der Waals surface area (Å²) in [6, 6.07) is 30.4. The lowest BCUT2D eigenvalue weighted by Gasteiger charge is -2.27. The highest BCUT2D eigenvalue weighted by atomic mass is 16.2. The fraction of sp³-hybridized carbons (Fsp3) is 0.474. The highest BCUT2D eigenvalue weighted by Gasteiger charge is 2.31. The first kappa shape index (κ1) is 61.8. The number of carbonyl (C=O) groups is 2. The fourth-order valence-electron chi connectivity index (χ4n) is 13.4. The number of amides is 2. The molecule has 444 valence electrons. The summed E-state index contributed by atoms with van der Waals surface area (Å²) in [7, 11) is 0. The summed E-state index contributed by atoms with van der Waals surface area (Å²) in [4.78, 5) is 47.5. The number of rotatable bonds is 26. The van der Waals surface area contributed by atoms with Gasteiger partial charge >= 0.3 is 0 Å². The molecule has 4 N–H and O–H groups in total. The van der Waals surface area contributed by atoms with Crippen molar-refractivity contribution in [3.05, 3.63) is 141 Å². The van der Waals surface area contributed by atoms with E-state index in [0.29, 0.717) is 25.7 Å². The van der Waals surface area contributed by atoms with E-state index < -0.39 is 0 Å². The second kappa shape index (κ2) is 29.3. The van der Waals surface area contributed by atoms with Crippen molar-refractivity contribution in [2.45, 2.75) is 223 Å². The quantitative estimate of drug-likeness (QED) is 0.0405. The highest BCUT2D eigenvalue weighted by molar-refractivity contribution is 6.04. The Bertz CT molecular complexity index is 3490. The van der Waals surface area contributed by atoms with Crippen LogP contribution in [-0.4, -0.2) is 31.8 Å². The third-order valence-electron chi connectivity index (χ3n) is 18.7. The van der Waals surface area contributed by atoms with Crippen molar-refractivity contribution in [2.75, 3.05) is 10.6 Å². The molecule has 9 rings (SSSR count). The van der Waals surface area contributed by atoms with Crippen LogP contribution in [0.25, 0.3) is 66.6 Å². The molecule has 8 heteroatoms. The van der Waals surface area contributed by atoms with Crippen LogP contribution in [0.3, 0.4) is 0 Å². The number of hydrogen-bond acceptors (Lipinski definition) is 4. The maximum atomic E-state index is 14.1. The summed E-state index contributed by atoms with van der Waals surface area (Å²) in [5, 5.41) is 6.41. The molecule has 3 aromatic heterocycles. The molecule has 2 amide bonds. The van der Waals surface area contributed by atoms with Gasteiger partial charge in [0.15, 0.2) is 0 Å². The van der Waals surface area contributed by atoms with Gasteiger partial charge in [0.05, 0.1) is 33.8 Å². The minimum absolute atomic E-state index is 0.0207. The van der Waals surface area contributed by atoms with Crippen LogP contribution in [0.4, 0.5) is 11.4 Å². The zero-order chi connectivity index (χ0) is 59.3. The summed E-state index contributed by atoms with van der Waals surface area (Å²) >= 11 is 0. The van der Waals surface area contributed by atoms with Crippen molar-refractivity contribution in [3.63, 3.8) is 0 Å². The van der Waals surface area contributed by atoms with Crippen molar-refractivity contribution >= 4 is 67.5 Å². The number of benzene rings is 3. The number of anilines is 2. The van der Waals surface area contributed by atoms with Crippen molar-refractivity contribution in [3.8, 4) is 22.3 Å². The minimum atomic E-state index is -0.152. The van der Waals surface area contributed by atoms with Crippen LogP contribution in [-0.2, 0) is 22.4 Å². The van der Waals surface area contributed by atoms with Gasteiger partial charge in [-0.15, -0.1) is 0 Å². The van der Waals surface area contributed by atoms with Crippen molar-refractivity contribution in [1.82, 2.24) is 19.9 Å². The number of aromatic amines is 2. The Kier molecular flexibility index (Phi) is 21.6. The van der Waals surface area contributed by atoms with E-state index in [-0.39, 0.29) is 23.7 Å². The van der Waals surface area contributed by atoms with Crippen LogP contribution < -0.4 is 10.6 Å². The standard InChI is InChI=1S/C76H98N6O2/c1-11-15-19-23-27-61-51(7)71-69(55-35-31-49(5)32-36-55)72-52(8)62(28-24-20-16-12-2)66(80-72)48-68-64(30-26-22-18-14-4)54(10)74(82-68)70(73-53(9)63(29-25-21-17-13-3)67(81-73)47-65(61)79-71)56-41-45-60(46-42-56)78-76(84)58-39-37-57(38-40-58)75(83)77-59-43-33-50(6)34-44-59/h31-36,41-48,57-58,79,82H,11-30,37-40H2,1-10H3,(H,77,83)(H,78,84). The van der Waals surface area contributed by atoms with E-state index in [1.807, 2.05) is 31.2 Å². The van der Waals surface area contributed by atoms with Crippen LogP contribution >= 0.6 is 0 Å². The number of hydrogen-bond donors (Lipinski definition) is 4. The molecule has 0 atom stereocenters. The number of allylic oxidation sites excluding steroid dienone is 4. The maximum Gasteiger partial charge on any atom is 0.227 e. The van der Waals surface area contributed by atoms with Crippen LogP contribution in [0.2, 0.25) is 0 Å². The van der Waals surface area contributed by atoms with Gasteiger partial charge in [-0.05, 0) is 211 Å². The maximum absolute atomic E-state index is 14.1. The number of aromatic nitrogens is 4.